The van der Waals surface area contributed by atoms with E-state index < -0.39 is 18.2 Å². The van der Waals surface area contributed by atoms with E-state index in [0.29, 0.717) is 31.1 Å². The molecule has 0 radical (unpaired) electrons. The number of nitrogens with zero attached hydrogens (tertiary/aromatic N) is 3. The summed E-state index contributed by atoms with van der Waals surface area (Å²) < 4.78 is 36.1. The SMILES string of the molecule is COC(=O)C(C)C(c1ccc(CCC(O)c2cnc(-c3cc(OC)ncc3F)c(C3OCCO3)n2)c(O)c1)C1CC1. The fraction of sp³-hybridized carbons (Fsp3) is 0.467. The van der Waals surface area contributed by atoms with Gasteiger partial charge in [0.15, 0.2) is 5.82 Å². The van der Waals surface area contributed by atoms with E-state index in [9.17, 15) is 19.4 Å². The van der Waals surface area contributed by atoms with E-state index in [4.69, 9.17) is 18.9 Å². The predicted molar refractivity (Wildman–Crippen MR) is 144 cm³/mol. The van der Waals surface area contributed by atoms with Gasteiger partial charge in [0.05, 0.1) is 57.5 Å². The third kappa shape index (κ3) is 6.32. The van der Waals surface area contributed by atoms with Crippen LogP contribution in [0.3, 0.4) is 0 Å². The first kappa shape index (κ1) is 28.8. The van der Waals surface area contributed by atoms with Crippen LogP contribution in [-0.4, -0.2) is 58.6 Å². The van der Waals surface area contributed by atoms with Crippen LogP contribution in [0.15, 0.2) is 36.7 Å². The molecule has 2 aliphatic rings. The molecule has 1 saturated carbocycles. The lowest BCUT2D eigenvalue weighted by atomic mass is 9.82. The largest absolute Gasteiger partial charge is 0.508 e. The Morgan fingerprint density at radius 3 is 2.56 bits per heavy atom. The lowest BCUT2D eigenvalue weighted by Gasteiger charge is -2.23. The molecule has 2 N–H and O–H groups in total. The van der Waals surface area contributed by atoms with Gasteiger partial charge in [-0.05, 0) is 54.7 Å². The number of rotatable bonds is 11. The van der Waals surface area contributed by atoms with Crippen LogP contribution in [-0.2, 0) is 25.4 Å². The van der Waals surface area contributed by atoms with Gasteiger partial charge in [0.1, 0.15) is 17.1 Å². The van der Waals surface area contributed by atoms with Gasteiger partial charge in [-0.2, -0.15) is 0 Å². The van der Waals surface area contributed by atoms with Crippen LogP contribution in [0.4, 0.5) is 4.39 Å². The monoisotopic (exact) mass is 567 g/mol. The van der Waals surface area contributed by atoms with Crippen molar-refractivity contribution in [1.29, 1.82) is 0 Å². The first-order valence-corrected chi connectivity index (χ1v) is 13.7. The highest BCUT2D eigenvalue weighted by Gasteiger charge is 2.39. The number of carbonyl (C=O) groups is 1. The minimum absolute atomic E-state index is 0.0228. The zero-order valence-corrected chi connectivity index (χ0v) is 23.2. The van der Waals surface area contributed by atoms with E-state index in [1.807, 2.05) is 19.1 Å². The molecule has 1 aliphatic heterocycles. The molecule has 2 fully saturated rings. The van der Waals surface area contributed by atoms with Crippen molar-refractivity contribution in [3.8, 4) is 22.9 Å². The molecule has 11 heteroatoms. The summed E-state index contributed by atoms with van der Waals surface area (Å²) in [5.41, 5.74) is 2.38. The Kier molecular flexibility index (Phi) is 8.77. The smallest absolute Gasteiger partial charge is 0.309 e. The molecule has 0 amide bonds. The van der Waals surface area contributed by atoms with Gasteiger partial charge in [-0.3, -0.25) is 9.78 Å². The second kappa shape index (κ2) is 12.5. The van der Waals surface area contributed by atoms with Crippen molar-refractivity contribution >= 4 is 5.97 Å². The van der Waals surface area contributed by atoms with Crippen LogP contribution < -0.4 is 4.74 Å². The Balaban J connectivity index is 1.34. The van der Waals surface area contributed by atoms with Crippen LogP contribution in [0.1, 0.15) is 67.0 Å². The van der Waals surface area contributed by atoms with Crippen molar-refractivity contribution in [2.24, 2.45) is 11.8 Å². The fourth-order valence-electron chi connectivity index (χ4n) is 5.38. The molecule has 1 aromatic carbocycles. The van der Waals surface area contributed by atoms with Gasteiger partial charge in [0, 0.05) is 11.6 Å². The maximum absolute atomic E-state index is 14.7. The number of carbonyl (C=O) groups excluding carboxylic acids is 1. The third-order valence-corrected chi connectivity index (χ3v) is 7.72. The van der Waals surface area contributed by atoms with Gasteiger partial charge < -0.3 is 29.2 Å². The standard InChI is InChI=1S/C30H34FN3O7/c1-16(29(37)39-3)26(18-5-6-18)19-7-4-17(24(36)12-19)8-9-23(35)22-15-33-27(28(34-22)30-40-10-11-41-30)20-13-25(38-2)32-14-21(20)31/h4,7,12-16,18,23,26,30,35-36H,5-6,8-11H2,1-3H3. The number of methoxy groups -OCH3 is 2. The van der Waals surface area contributed by atoms with Crippen LogP contribution in [0.2, 0.25) is 0 Å². The van der Waals surface area contributed by atoms with E-state index >= 15 is 0 Å². The average molecular weight is 568 g/mol. The molecule has 3 aromatic rings. The molecule has 10 nitrogen and oxygen atoms in total. The van der Waals surface area contributed by atoms with Gasteiger partial charge in [-0.15, -0.1) is 0 Å². The van der Waals surface area contributed by atoms with Crippen molar-refractivity contribution in [2.75, 3.05) is 27.4 Å². The number of halogens is 1. The lowest BCUT2D eigenvalue weighted by molar-refractivity contribution is -0.145. The number of pyridine rings is 1. The number of benzene rings is 1. The zero-order chi connectivity index (χ0) is 29.1. The molecule has 1 aliphatic carbocycles. The predicted octanol–water partition coefficient (Wildman–Crippen LogP) is 4.41. The van der Waals surface area contributed by atoms with Crippen molar-refractivity contribution in [3.05, 3.63) is 65.0 Å². The maximum atomic E-state index is 14.7. The van der Waals surface area contributed by atoms with Crippen LogP contribution in [0, 0.1) is 17.7 Å². The van der Waals surface area contributed by atoms with Crippen molar-refractivity contribution in [2.45, 2.75) is 50.9 Å². The molecule has 3 unspecified atom stereocenters. The van der Waals surface area contributed by atoms with Gasteiger partial charge in [-0.1, -0.05) is 19.1 Å². The van der Waals surface area contributed by atoms with E-state index in [0.717, 1.165) is 24.6 Å². The molecular formula is C30H34FN3O7. The number of phenols is 1. The summed E-state index contributed by atoms with van der Waals surface area (Å²) in [5, 5.41) is 21.8. The highest BCUT2D eigenvalue weighted by molar-refractivity contribution is 5.73. The second-order valence-corrected chi connectivity index (χ2v) is 10.4. The maximum Gasteiger partial charge on any atom is 0.309 e. The number of aryl methyl sites for hydroxylation is 1. The Morgan fingerprint density at radius 2 is 1.90 bits per heavy atom. The minimum Gasteiger partial charge on any atom is -0.508 e. The highest BCUT2D eigenvalue weighted by Crippen LogP contribution is 2.47. The third-order valence-electron chi connectivity index (χ3n) is 7.72. The molecule has 41 heavy (non-hydrogen) atoms. The molecule has 0 spiro atoms. The van der Waals surface area contributed by atoms with E-state index in [1.165, 1.54) is 26.5 Å². The van der Waals surface area contributed by atoms with Crippen molar-refractivity contribution < 1.29 is 38.3 Å². The number of aromatic nitrogens is 3. The number of aliphatic hydroxyl groups is 1. The average Bonchev–Trinajstić information content (AvgIpc) is 3.66. The molecule has 3 heterocycles. The Morgan fingerprint density at radius 1 is 1.15 bits per heavy atom. The molecular weight excluding hydrogens is 533 g/mol. The van der Waals surface area contributed by atoms with Crippen molar-refractivity contribution in [1.82, 2.24) is 15.0 Å². The first-order chi connectivity index (χ1) is 19.8. The highest BCUT2D eigenvalue weighted by atomic mass is 19.1. The van der Waals surface area contributed by atoms with E-state index in [1.54, 1.807) is 6.07 Å². The molecule has 0 bridgehead atoms. The topological polar surface area (TPSA) is 133 Å². The minimum atomic E-state index is -1.02. The van der Waals surface area contributed by atoms with Gasteiger partial charge in [-0.25, -0.2) is 14.4 Å². The van der Waals surface area contributed by atoms with Gasteiger partial charge >= 0.3 is 5.97 Å². The van der Waals surface area contributed by atoms with Crippen LogP contribution >= 0.6 is 0 Å². The first-order valence-electron chi connectivity index (χ1n) is 13.7. The summed E-state index contributed by atoms with van der Waals surface area (Å²) in [6, 6.07) is 6.89. The van der Waals surface area contributed by atoms with Gasteiger partial charge in [0.25, 0.3) is 0 Å². The summed E-state index contributed by atoms with van der Waals surface area (Å²) in [7, 11) is 2.82. The molecule has 3 atom stereocenters. The zero-order valence-electron chi connectivity index (χ0n) is 23.2. The number of aromatic hydroxyl groups is 1. The Hall–Kier alpha value is -3.67. The number of esters is 1. The summed E-state index contributed by atoms with van der Waals surface area (Å²) in [6.07, 6.45) is 3.23. The van der Waals surface area contributed by atoms with Crippen LogP contribution in [0.5, 0.6) is 11.6 Å². The Labute approximate surface area is 237 Å². The quantitative estimate of drug-likeness (QED) is 0.321. The summed E-state index contributed by atoms with van der Waals surface area (Å²) in [4.78, 5) is 25.1. The summed E-state index contributed by atoms with van der Waals surface area (Å²) in [5.74, 6) is -0.512. The molecule has 2 aromatic heterocycles. The van der Waals surface area contributed by atoms with E-state index in [-0.39, 0.29) is 58.5 Å². The second-order valence-electron chi connectivity index (χ2n) is 10.4. The normalized spacial score (nSPS) is 17.7. The number of hydrogen-bond acceptors (Lipinski definition) is 10. The number of hydrogen-bond donors (Lipinski definition) is 2. The number of aliphatic hydroxyl groups excluding tert-OH is 1. The molecule has 1 saturated heterocycles. The Bertz CT molecular complexity index is 1390. The summed E-state index contributed by atoms with van der Waals surface area (Å²) >= 11 is 0. The molecule has 218 valence electrons. The number of ether oxygens (including phenoxy) is 4. The van der Waals surface area contributed by atoms with Crippen molar-refractivity contribution in [3.63, 3.8) is 0 Å². The molecule has 5 rings (SSSR count). The summed E-state index contributed by atoms with van der Waals surface area (Å²) in [6.45, 7) is 2.55. The van der Waals surface area contributed by atoms with E-state index in [2.05, 4.69) is 15.0 Å². The lowest BCUT2D eigenvalue weighted by Crippen LogP contribution is -2.22. The fourth-order valence-corrected chi connectivity index (χ4v) is 5.38. The van der Waals surface area contributed by atoms with Gasteiger partial charge in [0.2, 0.25) is 12.2 Å². The number of phenolic OH excluding ortho intramolecular Hbond substituents is 1. The van der Waals surface area contributed by atoms with Crippen LogP contribution in [0.25, 0.3) is 11.3 Å².